The molecule has 2 unspecified atom stereocenters. The molecule has 0 amide bonds. The lowest BCUT2D eigenvalue weighted by Gasteiger charge is -2.22. The third kappa shape index (κ3) is 2.02. The van der Waals surface area contributed by atoms with Crippen LogP contribution in [0, 0.1) is 6.92 Å². The van der Waals surface area contributed by atoms with Crippen molar-refractivity contribution in [2.24, 2.45) is 0 Å². The van der Waals surface area contributed by atoms with E-state index >= 15 is 0 Å². The molecule has 1 aromatic heterocycles. The van der Waals surface area contributed by atoms with Crippen molar-refractivity contribution in [1.82, 2.24) is 9.78 Å². The summed E-state index contributed by atoms with van der Waals surface area (Å²) >= 11 is 0. The Hall–Kier alpha value is -1.16. The Morgan fingerprint density at radius 3 is 2.88 bits per heavy atom. The van der Waals surface area contributed by atoms with Crippen LogP contribution in [-0.4, -0.2) is 27.3 Å². The Balaban J connectivity index is 2.26. The maximum atomic E-state index is 10.8. The van der Waals surface area contributed by atoms with E-state index in [1.165, 1.54) is 6.42 Å². The number of aliphatic hydroxyl groups is 1. The molecule has 1 aliphatic rings. The van der Waals surface area contributed by atoms with Crippen molar-refractivity contribution in [1.29, 1.82) is 0 Å². The second-order valence-corrected chi connectivity index (χ2v) is 4.52. The second-order valence-electron chi connectivity index (χ2n) is 4.52. The molecule has 4 nitrogen and oxygen atoms in total. The predicted octanol–water partition coefficient (Wildman–Crippen LogP) is 1.87. The van der Waals surface area contributed by atoms with Gasteiger partial charge in [0, 0.05) is 5.69 Å². The first-order valence-electron chi connectivity index (χ1n) is 5.91. The molecule has 0 aliphatic heterocycles. The van der Waals surface area contributed by atoms with E-state index in [1.807, 2.05) is 11.6 Å². The summed E-state index contributed by atoms with van der Waals surface area (Å²) in [6.07, 6.45) is 7.23. The Labute approximate surface area is 95.3 Å². The highest BCUT2D eigenvalue weighted by Crippen LogP contribution is 2.28. The van der Waals surface area contributed by atoms with Crippen molar-refractivity contribution in [3.63, 3.8) is 0 Å². The molecule has 0 radical (unpaired) electrons. The highest BCUT2D eigenvalue weighted by molar-refractivity contribution is 5.75. The van der Waals surface area contributed by atoms with Gasteiger partial charge in [-0.3, -0.25) is 9.48 Å². The second kappa shape index (κ2) is 4.78. The molecule has 1 heterocycles. The van der Waals surface area contributed by atoms with Crippen LogP contribution < -0.4 is 0 Å². The first-order chi connectivity index (χ1) is 7.74. The van der Waals surface area contributed by atoms with E-state index in [0.29, 0.717) is 5.56 Å². The maximum absolute atomic E-state index is 10.8. The number of aliphatic hydroxyl groups excluding tert-OH is 1. The number of hydrogen-bond donors (Lipinski definition) is 1. The molecule has 0 bridgehead atoms. The van der Waals surface area contributed by atoms with Crippen LogP contribution in [0.5, 0.6) is 0 Å². The zero-order chi connectivity index (χ0) is 11.5. The van der Waals surface area contributed by atoms with Gasteiger partial charge in [0.15, 0.2) is 6.29 Å². The van der Waals surface area contributed by atoms with Crippen molar-refractivity contribution in [2.45, 2.75) is 51.2 Å². The molecule has 16 heavy (non-hydrogen) atoms. The lowest BCUT2D eigenvalue weighted by molar-refractivity contribution is 0.0976. The first-order valence-corrected chi connectivity index (χ1v) is 5.91. The quantitative estimate of drug-likeness (QED) is 0.614. The normalized spacial score (nSPS) is 26.4. The van der Waals surface area contributed by atoms with E-state index in [-0.39, 0.29) is 12.1 Å². The van der Waals surface area contributed by atoms with Gasteiger partial charge in [0.1, 0.15) is 0 Å². The summed E-state index contributed by atoms with van der Waals surface area (Å²) in [5, 5.41) is 14.3. The molecule has 4 heteroatoms. The first kappa shape index (κ1) is 11.3. The molecule has 0 aromatic carbocycles. The minimum absolute atomic E-state index is 0.0381. The molecular formula is C12H18N2O2. The van der Waals surface area contributed by atoms with Gasteiger partial charge in [-0.25, -0.2) is 0 Å². The Kier molecular flexibility index (Phi) is 3.39. The molecule has 1 aliphatic carbocycles. The van der Waals surface area contributed by atoms with Crippen LogP contribution in [-0.2, 0) is 0 Å². The summed E-state index contributed by atoms with van der Waals surface area (Å²) in [6.45, 7) is 1.88. The van der Waals surface area contributed by atoms with E-state index in [1.54, 1.807) is 6.20 Å². The molecular weight excluding hydrogens is 204 g/mol. The maximum Gasteiger partial charge on any atom is 0.153 e. The van der Waals surface area contributed by atoms with Gasteiger partial charge in [-0.15, -0.1) is 0 Å². The number of nitrogens with zero attached hydrogens (tertiary/aromatic N) is 2. The van der Waals surface area contributed by atoms with E-state index < -0.39 is 0 Å². The summed E-state index contributed by atoms with van der Waals surface area (Å²) < 4.78 is 1.82. The average molecular weight is 222 g/mol. The van der Waals surface area contributed by atoms with Crippen LogP contribution >= 0.6 is 0 Å². The minimum atomic E-state index is -0.333. The molecule has 0 spiro atoms. The van der Waals surface area contributed by atoms with Crippen molar-refractivity contribution in [3.05, 3.63) is 17.5 Å². The van der Waals surface area contributed by atoms with Gasteiger partial charge in [-0.05, 0) is 19.8 Å². The summed E-state index contributed by atoms with van der Waals surface area (Å²) in [5.41, 5.74) is 1.48. The van der Waals surface area contributed by atoms with Gasteiger partial charge in [0.25, 0.3) is 0 Å². The summed E-state index contributed by atoms with van der Waals surface area (Å²) in [5.74, 6) is 0. The Morgan fingerprint density at radius 1 is 1.44 bits per heavy atom. The van der Waals surface area contributed by atoms with Crippen molar-refractivity contribution < 1.29 is 9.90 Å². The fraction of sp³-hybridized carbons (Fsp3) is 0.667. The van der Waals surface area contributed by atoms with Gasteiger partial charge >= 0.3 is 0 Å². The van der Waals surface area contributed by atoms with E-state index in [9.17, 15) is 9.90 Å². The fourth-order valence-electron chi connectivity index (χ4n) is 2.44. The summed E-state index contributed by atoms with van der Waals surface area (Å²) in [6, 6.07) is 0.0381. The van der Waals surface area contributed by atoms with Crippen LogP contribution in [0.4, 0.5) is 0 Å². The lowest BCUT2D eigenvalue weighted by atomic mass is 10.1. The molecule has 88 valence electrons. The summed E-state index contributed by atoms with van der Waals surface area (Å²) in [4.78, 5) is 10.8. The standard InChI is InChI=1S/C12H18N2O2/c1-9-10(8-15)7-13-14(9)11-5-3-2-4-6-12(11)16/h7-8,11-12,16H,2-6H2,1H3. The van der Waals surface area contributed by atoms with Gasteiger partial charge in [-0.1, -0.05) is 19.3 Å². The number of hydrogen-bond acceptors (Lipinski definition) is 3. The molecule has 0 saturated heterocycles. The monoisotopic (exact) mass is 222 g/mol. The Morgan fingerprint density at radius 2 is 2.19 bits per heavy atom. The molecule has 1 fully saturated rings. The summed E-state index contributed by atoms with van der Waals surface area (Å²) in [7, 11) is 0. The van der Waals surface area contributed by atoms with Gasteiger partial charge < -0.3 is 5.11 Å². The van der Waals surface area contributed by atoms with Crippen LogP contribution in [0.25, 0.3) is 0 Å². The van der Waals surface area contributed by atoms with Crippen LogP contribution in [0.2, 0.25) is 0 Å². The zero-order valence-corrected chi connectivity index (χ0v) is 9.59. The number of carbonyl (C=O) groups is 1. The van der Waals surface area contributed by atoms with Gasteiger partial charge in [0.2, 0.25) is 0 Å². The molecule has 1 saturated carbocycles. The van der Waals surface area contributed by atoms with Crippen molar-refractivity contribution in [2.75, 3.05) is 0 Å². The zero-order valence-electron chi connectivity index (χ0n) is 9.59. The smallest absolute Gasteiger partial charge is 0.153 e. The SMILES string of the molecule is Cc1c(C=O)cnn1C1CCCCCC1O. The number of aromatic nitrogens is 2. The van der Waals surface area contributed by atoms with E-state index in [0.717, 1.165) is 37.7 Å². The fourth-order valence-corrected chi connectivity index (χ4v) is 2.44. The largest absolute Gasteiger partial charge is 0.391 e. The van der Waals surface area contributed by atoms with Gasteiger partial charge in [0.05, 0.1) is 23.9 Å². The molecule has 2 atom stereocenters. The Bertz CT molecular complexity index is 373. The molecule has 1 aromatic rings. The van der Waals surface area contributed by atoms with E-state index in [4.69, 9.17) is 0 Å². The van der Waals surface area contributed by atoms with Gasteiger partial charge in [-0.2, -0.15) is 5.10 Å². The third-order valence-electron chi connectivity index (χ3n) is 3.47. The number of rotatable bonds is 2. The van der Waals surface area contributed by atoms with Crippen molar-refractivity contribution >= 4 is 6.29 Å². The molecule has 2 rings (SSSR count). The van der Waals surface area contributed by atoms with Crippen LogP contribution in [0.3, 0.4) is 0 Å². The third-order valence-corrected chi connectivity index (χ3v) is 3.47. The number of aldehydes is 1. The minimum Gasteiger partial charge on any atom is -0.391 e. The number of carbonyl (C=O) groups excluding carboxylic acids is 1. The van der Waals surface area contributed by atoms with Crippen LogP contribution in [0.1, 0.15) is 54.2 Å². The highest BCUT2D eigenvalue weighted by atomic mass is 16.3. The highest BCUT2D eigenvalue weighted by Gasteiger charge is 2.25. The van der Waals surface area contributed by atoms with E-state index in [2.05, 4.69) is 5.10 Å². The topological polar surface area (TPSA) is 55.1 Å². The van der Waals surface area contributed by atoms with Crippen molar-refractivity contribution in [3.8, 4) is 0 Å². The average Bonchev–Trinajstić information content (AvgIpc) is 2.50. The lowest BCUT2D eigenvalue weighted by Crippen LogP contribution is -2.24. The predicted molar refractivity (Wildman–Crippen MR) is 60.5 cm³/mol. The van der Waals surface area contributed by atoms with Crippen LogP contribution in [0.15, 0.2) is 6.20 Å². The molecule has 1 N–H and O–H groups in total.